The Bertz CT molecular complexity index is 491. The Hall–Kier alpha value is -1.75. The summed E-state index contributed by atoms with van der Waals surface area (Å²) in [5.41, 5.74) is 0.959. The van der Waals surface area contributed by atoms with Gasteiger partial charge in [-0.2, -0.15) is 4.98 Å². The Balaban J connectivity index is 2.08. The summed E-state index contributed by atoms with van der Waals surface area (Å²) < 4.78 is 18.0. The molecule has 0 aliphatic carbocycles. The second kappa shape index (κ2) is 5.73. The first-order chi connectivity index (χ1) is 8.72. The van der Waals surface area contributed by atoms with Crippen molar-refractivity contribution in [2.24, 2.45) is 0 Å². The van der Waals surface area contributed by atoms with Crippen molar-refractivity contribution in [1.29, 1.82) is 0 Å². The molecule has 1 N–H and O–H groups in total. The number of hydrogen-bond acceptors (Lipinski definition) is 4. The van der Waals surface area contributed by atoms with Crippen LogP contribution < -0.4 is 5.32 Å². The van der Waals surface area contributed by atoms with Gasteiger partial charge in [0.2, 0.25) is 5.89 Å². The predicted molar refractivity (Wildman–Crippen MR) is 65.6 cm³/mol. The van der Waals surface area contributed by atoms with Crippen LogP contribution in [0.4, 0.5) is 4.39 Å². The fraction of sp³-hybridized carbons (Fsp3) is 0.385. The van der Waals surface area contributed by atoms with Crippen LogP contribution in [-0.2, 0) is 6.42 Å². The fourth-order valence-electron chi connectivity index (χ4n) is 1.77. The molecular formula is C13H16FN3O. The number of nitrogens with zero attached hydrogens (tertiary/aromatic N) is 2. The molecule has 0 spiro atoms. The lowest BCUT2D eigenvalue weighted by molar-refractivity contribution is 0.331. The standard InChI is InChI=1S/C13H16FN3O/c1-3-11(15-2)13-16-12(17-18-13)8-9-4-6-10(14)7-5-9/h4-7,11,15H,3,8H2,1-2H3. The molecule has 0 saturated heterocycles. The molecule has 0 aliphatic rings. The lowest BCUT2D eigenvalue weighted by Crippen LogP contribution is -2.15. The molecule has 0 bridgehead atoms. The van der Waals surface area contributed by atoms with Crippen LogP contribution in [0.3, 0.4) is 0 Å². The SMILES string of the molecule is CCC(NC)c1nc(Cc2ccc(F)cc2)no1. The molecule has 96 valence electrons. The third kappa shape index (κ3) is 2.92. The molecule has 0 fully saturated rings. The Morgan fingerprint density at radius 3 is 2.67 bits per heavy atom. The monoisotopic (exact) mass is 249 g/mol. The van der Waals surface area contributed by atoms with Crippen molar-refractivity contribution >= 4 is 0 Å². The second-order valence-electron chi connectivity index (χ2n) is 4.10. The van der Waals surface area contributed by atoms with E-state index in [0.29, 0.717) is 18.1 Å². The number of rotatable bonds is 5. The van der Waals surface area contributed by atoms with Crippen LogP contribution in [0.2, 0.25) is 0 Å². The lowest BCUT2D eigenvalue weighted by Gasteiger charge is -2.06. The van der Waals surface area contributed by atoms with Gasteiger partial charge in [0.1, 0.15) is 5.82 Å². The van der Waals surface area contributed by atoms with E-state index in [1.165, 1.54) is 12.1 Å². The first kappa shape index (κ1) is 12.7. The zero-order valence-electron chi connectivity index (χ0n) is 10.5. The molecule has 1 aromatic heterocycles. The summed E-state index contributed by atoms with van der Waals surface area (Å²) in [5.74, 6) is 0.969. The van der Waals surface area contributed by atoms with E-state index in [1.54, 1.807) is 12.1 Å². The van der Waals surface area contributed by atoms with Crippen LogP contribution in [-0.4, -0.2) is 17.2 Å². The molecule has 1 heterocycles. The Labute approximate surface area is 105 Å². The average molecular weight is 249 g/mol. The van der Waals surface area contributed by atoms with E-state index in [-0.39, 0.29) is 11.9 Å². The first-order valence-corrected chi connectivity index (χ1v) is 5.97. The van der Waals surface area contributed by atoms with Crippen molar-refractivity contribution in [1.82, 2.24) is 15.5 Å². The molecule has 0 amide bonds. The van der Waals surface area contributed by atoms with Gasteiger partial charge in [-0.1, -0.05) is 24.2 Å². The topological polar surface area (TPSA) is 51.0 Å². The van der Waals surface area contributed by atoms with Crippen molar-refractivity contribution in [3.05, 3.63) is 47.4 Å². The number of benzene rings is 1. The number of hydrogen-bond donors (Lipinski definition) is 1. The largest absolute Gasteiger partial charge is 0.338 e. The normalized spacial score (nSPS) is 12.6. The molecule has 5 heteroatoms. The molecule has 0 radical (unpaired) electrons. The molecule has 2 rings (SSSR count). The van der Waals surface area contributed by atoms with Crippen molar-refractivity contribution in [2.45, 2.75) is 25.8 Å². The third-order valence-corrected chi connectivity index (χ3v) is 2.81. The maximum Gasteiger partial charge on any atom is 0.243 e. The Morgan fingerprint density at radius 2 is 2.06 bits per heavy atom. The van der Waals surface area contributed by atoms with Crippen molar-refractivity contribution < 1.29 is 8.91 Å². The number of nitrogens with one attached hydrogen (secondary N) is 1. The maximum absolute atomic E-state index is 12.8. The van der Waals surface area contributed by atoms with Crippen LogP contribution in [0.1, 0.15) is 36.7 Å². The van der Waals surface area contributed by atoms with Crippen LogP contribution >= 0.6 is 0 Å². The van der Waals surface area contributed by atoms with Gasteiger partial charge < -0.3 is 9.84 Å². The fourth-order valence-corrected chi connectivity index (χ4v) is 1.77. The van der Waals surface area contributed by atoms with Gasteiger partial charge in [-0.25, -0.2) is 4.39 Å². The van der Waals surface area contributed by atoms with Crippen molar-refractivity contribution in [3.8, 4) is 0 Å². The minimum absolute atomic E-state index is 0.0828. The molecule has 1 atom stereocenters. The van der Waals surface area contributed by atoms with Gasteiger partial charge >= 0.3 is 0 Å². The highest BCUT2D eigenvalue weighted by atomic mass is 19.1. The van der Waals surface area contributed by atoms with Gasteiger partial charge in [0.15, 0.2) is 5.82 Å². The van der Waals surface area contributed by atoms with Crippen LogP contribution in [0, 0.1) is 5.82 Å². The summed E-state index contributed by atoms with van der Waals surface area (Å²) in [6.07, 6.45) is 1.43. The predicted octanol–water partition coefficient (Wildman–Crippen LogP) is 2.47. The molecule has 4 nitrogen and oxygen atoms in total. The van der Waals surface area contributed by atoms with Crippen LogP contribution in [0.25, 0.3) is 0 Å². The minimum Gasteiger partial charge on any atom is -0.338 e. The van der Waals surface area contributed by atoms with Crippen LogP contribution in [0.5, 0.6) is 0 Å². The van der Waals surface area contributed by atoms with E-state index in [0.717, 1.165) is 12.0 Å². The summed E-state index contributed by atoms with van der Waals surface area (Å²) in [7, 11) is 1.86. The molecule has 2 aromatic rings. The molecule has 1 unspecified atom stereocenters. The summed E-state index contributed by atoms with van der Waals surface area (Å²) >= 11 is 0. The summed E-state index contributed by atoms with van der Waals surface area (Å²) in [5, 5.41) is 7.04. The molecule has 0 aliphatic heterocycles. The van der Waals surface area contributed by atoms with E-state index < -0.39 is 0 Å². The first-order valence-electron chi connectivity index (χ1n) is 5.97. The van der Waals surface area contributed by atoms with Crippen LogP contribution in [0.15, 0.2) is 28.8 Å². The van der Waals surface area contributed by atoms with E-state index in [9.17, 15) is 4.39 Å². The maximum atomic E-state index is 12.8. The zero-order valence-corrected chi connectivity index (χ0v) is 10.5. The highest BCUT2D eigenvalue weighted by molar-refractivity contribution is 5.19. The number of halogens is 1. The Kier molecular flexibility index (Phi) is 4.04. The van der Waals surface area contributed by atoms with Gasteiger partial charge in [0, 0.05) is 6.42 Å². The molecule has 1 aromatic carbocycles. The van der Waals surface area contributed by atoms with Crippen molar-refractivity contribution in [3.63, 3.8) is 0 Å². The summed E-state index contributed by atoms with van der Waals surface area (Å²) in [4.78, 5) is 4.34. The zero-order chi connectivity index (χ0) is 13.0. The quantitative estimate of drug-likeness (QED) is 0.884. The van der Waals surface area contributed by atoms with Crippen molar-refractivity contribution in [2.75, 3.05) is 7.05 Å². The van der Waals surface area contributed by atoms with E-state index in [2.05, 4.69) is 15.5 Å². The molecule has 0 saturated carbocycles. The average Bonchev–Trinajstić information content (AvgIpc) is 2.82. The summed E-state index contributed by atoms with van der Waals surface area (Å²) in [6.45, 7) is 2.05. The van der Waals surface area contributed by atoms with E-state index in [4.69, 9.17) is 4.52 Å². The second-order valence-corrected chi connectivity index (χ2v) is 4.10. The smallest absolute Gasteiger partial charge is 0.243 e. The molecular weight excluding hydrogens is 233 g/mol. The summed E-state index contributed by atoms with van der Waals surface area (Å²) in [6, 6.07) is 6.39. The third-order valence-electron chi connectivity index (χ3n) is 2.81. The van der Waals surface area contributed by atoms with Gasteiger partial charge in [-0.3, -0.25) is 0 Å². The lowest BCUT2D eigenvalue weighted by atomic mass is 10.1. The van der Waals surface area contributed by atoms with Gasteiger partial charge in [-0.15, -0.1) is 0 Å². The highest BCUT2D eigenvalue weighted by Crippen LogP contribution is 2.15. The molecule has 18 heavy (non-hydrogen) atoms. The van der Waals surface area contributed by atoms with Gasteiger partial charge in [0.05, 0.1) is 6.04 Å². The Morgan fingerprint density at radius 1 is 1.33 bits per heavy atom. The minimum atomic E-state index is -0.242. The van der Waals surface area contributed by atoms with E-state index >= 15 is 0 Å². The van der Waals surface area contributed by atoms with Gasteiger partial charge in [-0.05, 0) is 31.2 Å². The van der Waals surface area contributed by atoms with E-state index in [1.807, 2.05) is 14.0 Å². The van der Waals surface area contributed by atoms with Gasteiger partial charge in [0.25, 0.3) is 0 Å². The number of aromatic nitrogens is 2. The highest BCUT2D eigenvalue weighted by Gasteiger charge is 2.15.